The monoisotopic (exact) mass is 1380 g/mol. The third-order valence-electron chi connectivity index (χ3n) is 6.53. The lowest BCUT2D eigenvalue weighted by Gasteiger charge is -2.46. The molecule has 4 unspecified atom stereocenters. The number of amides is 4. The van der Waals surface area contributed by atoms with Crippen LogP contribution in [0.1, 0.15) is 41.5 Å². The number of aliphatic hydroxyl groups is 2. The molecule has 0 radical (unpaired) electrons. The second kappa shape index (κ2) is 20.2. The zero-order valence-corrected chi connectivity index (χ0v) is 39.8. The molecule has 2 rings (SSSR count). The van der Waals surface area contributed by atoms with Crippen molar-refractivity contribution < 1.29 is 58.2 Å². The van der Waals surface area contributed by atoms with Crippen LogP contribution in [0.5, 0.6) is 0 Å². The first-order valence-corrected chi connectivity index (χ1v) is 20.4. The number of aliphatic hydroxyl groups excluding tert-OH is 2. The van der Waals surface area contributed by atoms with Gasteiger partial charge in [0.2, 0.25) is 11.8 Å². The van der Waals surface area contributed by atoms with Crippen molar-refractivity contribution in [3.05, 3.63) is 37.9 Å². The van der Waals surface area contributed by atoms with Crippen LogP contribution in [-0.4, -0.2) is 99.6 Å². The Morgan fingerprint density at radius 2 is 1.22 bits per heavy atom. The summed E-state index contributed by atoms with van der Waals surface area (Å²) in [6, 6.07) is 0. The summed E-state index contributed by atoms with van der Waals surface area (Å²) < 4.78 is 0.660. The van der Waals surface area contributed by atoms with E-state index in [-0.39, 0.29) is 11.5 Å². The molecule has 276 valence electrons. The zero-order valence-electron chi connectivity index (χ0n) is 26.9. The lowest BCUT2D eigenvalue weighted by atomic mass is 9.84. The summed E-state index contributed by atoms with van der Waals surface area (Å²) in [7, 11) is 0. The molecule has 0 heterocycles. The van der Waals surface area contributed by atoms with E-state index in [1.807, 2.05) is 136 Å². The molecule has 4 N–H and O–H groups in total. The topological polar surface area (TPSA) is 226 Å². The van der Waals surface area contributed by atoms with Gasteiger partial charge < -0.3 is 30.5 Å². The first kappa shape index (κ1) is 47.4. The van der Waals surface area contributed by atoms with E-state index in [9.17, 15) is 38.4 Å². The lowest BCUT2D eigenvalue weighted by Crippen LogP contribution is -2.64. The Morgan fingerprint density at radius 1 is 0.720 bits per heavy atom. The predicted octanol–water partition coefficient (Wildman–Crippen LogP) is 3.06. The minimum Gasteiger partial charge on any atom is -0.387 e. The molecule has 0 saturated heterocycles. The van der Waals surface area contributed by atoms with Crippen LogP contribution in [0.25, 0.3) is 0 Å². The molecule has 50 heavy (non-hydrogen) atoms. The second-order valence-corrected chi connectivity index (χ2v) is 17.2. The van der Waals surface area contributed by atoms with E-state index in [1.165, 1.54) is 20.8 Å². The molecule has 4 atom stereocenters. The van der Waals surface area contributed by atoms with E-state index in [2.05, 4.69) is 10.6 Å². The fourth-order valence-electron chi connectivity index (χ4n) is 4.44. The molecule has 16 nitrogen and oxygen atoms in total. The Labute approximate surface area is 368 Å². The summed E-state index contributed by atoms with van der Waals surface area (Å²) in [6.45, 7) is 5.72. The number of hydrogen-bond acceptors (Lipinski definition) is 12. The maximum atomic E-state index is 12.9. The van der Waals surface area contributed by atoms with Gasteiger partial charge in [-0.2, -0.15) is 5.06 Å². The van der Waals surface area contributed by atoms with Crippen LogP contribution in [0, 0.1) is 0 Å². The second-order valence-electron chi connectivity index (χ2n) is 10.1. The Kier molecular flexibility index (Phi) is 19.2. The van der Waals surface area contributed by atoms with Gasteiger partial charge in [0.05, 0.1) is 13.5 Å². The molecule has 0 spiro atoms. The molecule has 4 amide bonds. The highest BCUT2D eigenvalue weighted by Gasteiger charge is 2.58. The Bertz CT molecular complexity index is 1610. The summed E-state index contributed by atoms with van der Waals surface area (Å²) in [6.07, 6.45) is 3.23. The molecule has 0 aliphatic heterocycles. The van der Waals surface area contributed by atoms with E-state index >= 15 is 0 Å². The van der Waals surface area contributed by atoms with E-state index < -0.39 is 73.5 Å². The highest BCUT2D eigenvalue weighted by molar-refractivity contribution is 14.1. The molecular formula is C28H30I6N4O12. The van der Waals surface area contributed by atoms with Crippen LogP contribution in [0.3, 0.4) is 0 Å². The summed E-state index contributed by atoms with van der Waals surface area (Å²) in [4.78, 5) is 106. The van der Waals surface area contributed by atoms with E-state index in [4.69, 9.17) is 19.9 Å². The molecule has 0 saturated carbocycles. The fraction of sp³-hybridized carbons (Fsp3) is 0.429. The number of ketones is 2. The number of alkyl halides is 2. The molecule has 0 aromatic rings. The third kappa shape index (κ3) is 10.5. The van der Waals surface area contributed by atoms with Gasteiger partial charge >= 0.3 is 11.9 Å². The molecule has 0 fully saturated rings. The lowest BCUT2D eigenvalue weighted by molar-refractivity contribution is -0.214. The average Bonchev–Trinajstić information content (AvgIpc) is 2.99. The number of carbonyl (C=O) groups is 8. The smallest absolute Gasteiger partial charge is 0.330 e. The molecule has 2 aliphatic rings. The molecular weight excluding hydrogens is 1350 g/mol. The Morgan fingerprint density at radius 3 is 1.62 bits per heavy atom. The number of halogens is 6. The SMILES string of the molecule is CC(=O)C1(NC(=O)CO)C(I)=CC(I)=C(NC(=O)CO)C1I.CC(=O)ON(C(C)=O)C1=C(I)C=C(I)C(C(C)=O)(N(OC(C)=O)C(C)=O)C1I. The summed E-state index contributed by atoms with van der Waals surface area (Å²) >= 11 is 11.6. The van der Waals surface area contributed by atoms with Crippen molar-refractivity contribution in [2.45, 2.75) is 60.5 Å². The zero-order chi connectivity index (χ0) is 39.0. The van der Waals surface area contributed by atoms with Crippen molar-refractivity contribution in [3.8, 4) is 0 Å². The minimum atomic E-state index is -1.74. The third-order valence-corrected chi connectivity index (χ3v) is 13.6. The Balaban J connectivity index is 0.000000515. The van der Waals surface area contributed by atoms with Crippen LogP contribution in [-0.2, 0) is 48.0 Å². The highest BCUT2D eigenvalue weighted by atomic mass is 127. The van der Waals surface area contributed by atoms with Crippen molar-refractivity contribution in [2.75, 3.05) is 13.2 Å². The van der Waals surface area contributed by atoms with Gasteiger partial charge in [-0.3, -0.25) is 33.6 Å². The van der Waals surface area contributed by atoms with Crippen molar-refractivity contribution in [2.24, 2.45) is 0 Å². The quantitative estimate of drug-likeness (QED) is 0.156. The van der Waals surface area contributed by atoms with Crippen molar-refractivity contribution in [1.29, 1.82) is 0 Å². The van der Waals surface area contributed by atoms with Crippen LogP contribution in [0.15, 0.2) is 37.9 Å². The fourth-order valence-corrected chi connectivity index (χ4v) is 15.0. The van der Waals surface area contributed by atoms with Gasteiger partial charge in [0.15, 0.2) is 17.1 Å². The predicted molar refractivity (Wildman–Crippen MR) is 228 cm³/mol. The van der Waals surface area contributed by atoms with E-state index in [0.717, 1.165) is 25.8 Å². The molecule has 22 heteroatoms. The molecule has 2 aliphatic carbocycles. The number of allylic oxidation sites excluding steroid dienone is 4. The molecule has 0 bridgehead atoms. The standard InChI is InChI=1S/C16H17I3N2O7.C12H13I3N2O5/c1-7(22)16(21(9(3)24)28-11(5)26)13(18)6-12(17)14(15(16)19)20(8(2)23)27-10(4)25;1-5(20)12(17-9(22)4-19)7(14)2-6(13)10(11(12)15)16-8(21)3-18/h6,15H,1-5H3;2,11,18-19H,3-4H2,1H3,(H,16,21)(H,17,22). The normalized spacial score (nSPS) is 22.8. The number of rotatable bonds is 8. The van der Waals surface area contributed by atoms with Crippen LogP contribution in [0.4, 0.5) is 0 Å². The largest absolute Gasteiger partial charge is 0.387 e. The molecule has 0 aromatic heterocycles. The number of nitrogens with zero attached hydrogens (tertiary/aromatic N) is 2. The van der Waals surface area contributed by atoms with Crippen LogP contribution in [0.2, 0.25) is 0 Å². The highest BCUT2D eigenvalue weighted by Crippen LogP contribution is 2.48. The first-order valence-electron chi connectivity index (χ1n) is 13.6. The average molecular weight is 1380 g/mol. The van der Waals surface area contributed by atoms with Gasteiger partial charge in [-0.05, 0) is 116 Å². The van der Waals surface area contributed by atoms with Gasteiger partial charge in [0.25, 0.3) is 11.8 Å². The van der Waals surface area contributed by atoms with Crippen molar-refractivity contribution in [3.63, 3.8) is 0 Å². The maximum Gasteiger partial charge on any atom is 0.330 e. The number of hydrogen-bond donors (Lipinski definition) is 4. The van der Waals surface area contributed by atoms with Gasteiger partial charge in [0.1, 0.15) is 18.8 Å². The van der Waals surface area contributed by atoms with Gasteiger partial charge in [-0.1, -0.05) is 45.2 Å². The summed E-state index contributed by atoms with van der Waals surface area (Å²) in [5.41, 5.74) is -2.50. The number of carbonyl (C=O) groups excluding carboxylic acids is 8. The van der Waals surface area contributed by atoms with Gasteiger partial charge in [0, 0.05) is 47.7 Å². The summed E-state index contributed by atoms with van der Waals surface area (Å²) in [5.74, 6) is -4.95. The summed E-state index contributed by atoms with van der Waals surface area (Å²) in [5, 5.41) is 24.5. The molecule has 0 aromatic carbocycles. The van der Waals surface area contributed by atoms with Gasteiger partial charge in [-0.25, -0.2) is 4.79 Å². The van der Waals surface area contributed by atoms with E-state index in [0.29, 0.717) is 25.1 Å². The first-order chi connectivity index (χ1) is 23.0. The number of nitrogens with one attached hydrogen (secondary N) is 2. The van der Waals surface area contributed by atoms with E-state index in [1.54, 1.807) is 12.2 Å². The minimum absolute atomic E-state index is 0.179. The van der Waals surface area contributed by atoms with Gasteiger partial charge in [-0.15, -0.1) is 5.06 Å². The number of Topliss-reactive ketones (excluding diaryl/α,β-unsaturated/α-hetero) is 2. The van der Waals surface area contributed by atoms with Crippen LogP contribution >= 0.6 is 136 Å². The Hall–Kier alpha value is -0.580. The van der Waals surface area contributed by atoms with Crippen LogP contribution < -0.4 is 10.6 Å². The number of hydroxylamine groups is 4. The van der Waals surface area contributed by atoms with Crippen molar-refractivity contribution >= 4 is 183 Å². The maximum absolute atomic E-state index is 12.9. The van der Waals surface area contributed by atoms with Crippen molar-refractivity contribution in [1.82, 2.24) is 20.8 Å².